The minimum atomic E-state index is -0.243. The summed E-state index contributed by atoms with van der Waals surface area (Å²) in [5.41, 5.74) is 28.2. The van der Waals surface area contributed by atoms with Crippen molar-refractivity contribution in [3.8, 4) is 11.5 Å². The molecule has 374 valence electrons. The Morgan fingerprint density at radius 1 is 0.210 bits per heavy atom. The second-order valence-corrected chi connectivity index (χ2v) is 21.9. The van der Waals surface area contributed by atoms with Crippen molar-refractivity contribution in [1.82, 2.24) is 0 Å². The van der Waals surface area contributed by atoms with E-state index in [-0.39, 0.29) is 20.1 Å². The summed E-state index contributed by atoms with van der Waals surface area (Å²) >= 11 is 0. The Bertz CT molecular complexity index is 4570. The first-order valence-electron chi connectivity index (χ1n) is 28.1. The van der Waals surface area contributed by atoms with Crippen LogP contribution in [-0.4, -0.2) is 20.1 Å². The third-order valence-electron chi connectivity index (χ3n) is 17.8. The zero-order valence-corrected chi connectivity index (χ0v) is 43.9. The lowest BCUT2D eigenvalue weighted by Crippen LogP contribution is -2.66. The van der Waals surface area contributed by atoms with Crippen LogP contribution in [0.1, 0.15) is 0 Å². The van der Waals surface area contributed by atoms with Gasteiger partial charge in [-0.1, -0.05) is 158 Å². The largest absolute Gasteiger partial charge is 0.459 e. The van der Waals surface area contributed by atoms with E-state index < -0.39 is 0 Å². The van der Waals surface area contributed by atoms with Crippen LogP contribution in [0, 0.1) is 0 Å². The van der Waals surface area contributed by atoms with Crippen LogP contribution in [0.3, 0.4) is 0 Å². The number of rotatable bonds is 5. The first kappa shape index (κ1) is 44.6. The average Bonchev–Trinajstić information content (AvgIpc) is 2.54. The first-order valence-corrected chi connectivity index (χ1v) is 28.1. The molecule has 9 heteroatoms. The Labute approximate surface area is 471 Å². The van der Waals surface area contributed by atoms with Crippen LogP contribution in [0.25, 0.3) is 0 Å². The topological polar surface area (TPSA) is 25.4 Å². The van der Waals surface area contributed by atoms with Gasteiger partial charge in [-0.15, -0.1) is 0 Å². The van der Waals surface area contributed by atoms with Gasteiger partial charge in [-0.05, 0) is 170 Å². The van der Waals surface area contributed by atoms with Gasteiger partial charge < -0.3 is 29.2 Å². The molecule has 6 heterocycles. The molecular formula is C72H46B3N5O. The number of nitrogens with zero attached hydrogens (tertiary/aromatic N) is 5. The van der Waals surface area contributed by atoms with Crippen LogP contribution in [0.4, 0.5) is 85.3 Å². The zero-order valence-electron chi connectivity index (χ0n) is 43.9. The second-order valence-electron chi connectivity index (χ2n) is 21.9. The molecular weight excluding hydrogens is 983 g/mol. The molecule has 0 fully saturated rings. The van der Waals surface area contributed by atoms with Crippen molar-refractivity contribution in [2.24, 2.45) is 0 Å². The van der Waals surface area contributed by atoms with Crippen molar-refractivity contribution < 1.29 is 4.74 Å². The van der Waals surface area contributed by atoms with E-state index in [1.54, 1.807) is 0 Å². The summed E-state index contributed by atoms with van der Waals surface area (Å²) in [6.07, 6.45) is 0. The van der Waals surface area contributed by atoms with E-state index in [9.17, 15) is 0 Å². The monoisotopic (exact) mass is 1030 g/mol. The smallest absolute Gasteiger partial charge is 0.256 e. The van der Waals surface area contributed by atoms with E-state index in [1.165, 1.54) is 71.9 Å². The average molecular weight is 1030 g/mol. The predicted molar refractivity (Wildman–Crippen MR) is 340 cm³/mol. The second kappa shape index (κ2) is 17.1. The van der Waals surface area contributed by atoms with Gasteiger partial charge in [0.1, 0.15) is 11.5 Å². The van der Waals surface area contributed by atoms with Crippen molar-refractivity contribution in [3.05, 3.63) is 279 Å². The third kappa shape index (κ3) is 6.20. The summed E-state index contributed by atoms with van der Waals surface area (Å²) in [5.74, 6) is 1.81. The molecule has 0 atom stereocenters. The fraction of sp³-hybridized carbons (Fsp3) is 0. The maximum absolute atomic E-state index is 7.76. The Balaban J connectivity index is 0.948. The van der Waals surface area contributed by atoms with Gasteiger partial charge in [-0.25, -0.2) is 0 Å². The molecule has 12 aromatic carbocycles. The van der Waals surface area contributed by atoms with E-state index in [0.29, 0.717) is 0 Å². The summed E-state index contributed by atoms with van der Waals surface area (Å²) in [7, 11) is 0. The van der Waals surface area contributed by atoms with Crippen molar-refractivity contribution in [1.29, 1.82) is 0 Å². The molecule has 0 spiro atoms. The molecule has 0 unspecified atom stereocenters. The normalized spacial score (nSPS) is 14.1. The van der Waals surface area contributed by atoms with Crippen molar-refractivity contribution >= 4 is 155 Å². The summed E-state index contributed by atoms with van der Waals surface area (Å²) < 4.78 is 7.76. The predicted octanol–water partition coefficient (Wildman–Crippen LogP) is 12.3. The zero-order chi connectivity index (χ0) is 52.9. The van der Waals surface area contributed by atoms with E-state index in [0.717, 1.165) is 74.1 Å². The van der Waals surface area contributed by atoms with Gasteiger partial charge in [0.15, 0.2) is 0 Å². The van der Waals surface area contributed by atoms with Gasteiger partial charge in [0, 0.05) is 85.3 Å². The highest BCUT2D eigenvalue weighted by molar-refractivity contribution is 7.05. The summed E-state index contributed by atoms with van der Waals surface area (Å²) in [5, 5.41) is 0. The molecule has 0 amide bonds. The molecule has 0 aliphatic carbocycles. The van der Waals surface area contributed by atoms with Crippen molar-refractivity contribution in [3.63, 3.8) is 0 Å². The van der Waals surface area contributed by atoms with E-state index in [2.05, 4.69) is 304 Å². The molecule has 0 radical (unpaired) electrons. The quantitative estimate of drug-likeness (QED) is 0.159. The van der Waals surface area contributed by atoms with Crippen molar-refractivity contribution in [2.75, 3.05) is 24.5 Å². The highest BCUT2D eigenvalue weighted by atomic mass is 16.5. The molecule has 6 nitrogen and oxygen atoms in total. The Kier molecular flexibility index (Phi) is 9.40. The van der Waals surface area contributed by atoms with Crippen LogP contribution in [-0.2, 0) is 0 Å². The Hall–Kier alpha value is -10.4. The number of ether oxygens (including phenoxy) is 1. The molecule has 6 aliphatic rings. The molecule has 0 aromatic heterocycles. The molecule has 0 saturated heterocycles. The van der Waals surface area contributed by atoms with Gasteiger partial charge in [-0.2, -0.15) is 0 Å². The van der Waals surface area contributed by atoms with E-state index in [1.807, 2.05) is 0 Å². The molecule has 0 saturated carbocycles. The Morgan fingerprint density at radius 2 is 0.543 bits per heavy atom. The number of hydrogen-bond donors (Lipinski definition) is 0. The number of anilines is 15. The van der Waals surface area contributed by atoms with E-state index in [4.69, 9.17) is 4.74 Å². The fourth-order valence-electron chi connectivity index (χ4n) is 14.8. The summed E-state index contributed by atoms with van der Waals surface area (Å²) in [6, 6.07) is 103. The standard InChI is InChI=1S/C72H46B3N5O/c1-6-23-47(24-7-1)76-58-36-19-17-34-53(58)74-55-45-56-66(46-65(55)79(50-29-12-4-13-30-50)60-38-20-37-59(76)68(60)74)80(51-31-14-5-15-32-51)62-40-21-39-61-69(62)75(56)71-64(78(61)49-27-10-3-11-28-49)44-43-54-72(71)81-67-42-22-41-63-70(67)73(54)52-33-16-18-35-57(52)77(63)48-25-8-2-9-26-48/h1-46H. The number of para-hydroxylation sites is 7. The van der Waals surface area contributed by atoms with Gasteiger partial charge in [0.25, 0.3) is 20.1 Å². The van der Waals surface area contributed by atoms with E-state index >= 15 is 0 Å². The number of hydrogen-bond acceptors (Lipinski definition) is 6. The van der Waals surface area contributed by atoms with Crippen LogP contribution in [0.5, 0.6) is 11.5 Å². The highest BCUT2D eigenvalue weighted by Gasteiger charge is 2.51. The lowest BCUT2D eigenvalue weighted by atomic mass is 9.29. The van der Waals surface area contributed by atoms with Gasteiger partial charge in [0.2, 0.25) is 0 Å². The molecule has 0 bridgehead atoms. The van der Waals surface area contributed by atoms with Crippen LogP contribution in [0.2, 0.25) is 0 Å². The maximum atomic E-state index is 7.76. The lowest BCUT2D eigenvalue weighted by Gasteiger charge is -2.48. The van der Waals surface area contributed by atoms with Crippen LogP contribution >= 0.6 is 0 Å². The third-order valence-corrected chi connectivity index (χ3v) is 17.8. The molecule has 81 heavy (non-hydrogen) atoms. The minimum Gasteiger partial charge on any atom is -0.459 e. The van der Waals surface area contributed by atoms with Gasteiger partial charge >= 0.3 is 0 Å². The summed E-state index contributed by atoms with van der Waals surface area (Å²) in [6.45, 7) is -0.417. The molecule has 6 aliphatic heterocycles. The molecule has 18 rings (SSSR count). The molecule has 12 aromatic rings. The van der Waals surface area contributed by atoms with Crippen LogP contribution in [0.15, 0.2) is 279 Å². The van der Waals surface area contributed by atoms with Gasteiger partial charge in [-0.3, -0.25) is 0 Å². The first-order chi connectivity index (χ1) is 40.3. The number of benzene rings is 12. The minimum absolute atomic E-state index is 0.0868. The number of fused-ring (bicyclic) bond motifs is 13. The highest BCUT2D eigenvalue weighted by Crippen LogP contribution is 2.50. The van der Waals surface area contributed by atoms with Crippen LogP contribution < -0.4 is 78.4 Å². The fourth-order valence-corrected chi connectivity index (χ4v) is 14.8. The lowest BCUT2D eigenvalue weighted by molar-refractivity contribution is 0.491. The van der Waals surface area contributed by atoms with Crippen molar-refractivity contribution in [2.45, 2.75) is 0 Å². The summed E-state index contributed by atoms with van der Waals surface area (Å²) in [4.78, 5) is 12.5. The van der Waals surface area contributed by atoms with Gasteiger partial charge in [0.05, 0.1) is 0 Å². The SMILES string of the molecule is c1ccc(N2c3ccccc3B3c4ccc5c(c4Oc4cccc2c43)B2c3cc4c(cc3N(c3ccccc3)c3cccc(c32)N5c2ccccc2)N(c2ccccc2)c2cccc3c2B4c2ccccc2N3c2ccccc2)cc1. The Morgan fingerprint density at radius 3 is 1.01 bits per heavy atom. The molecule has 0 N–H and O–H groups in total. The maximum Gasteiger partial charge on any atom is 0.256 e.